The Morgan fingerprint density at radius 3 is 2.48 bits per heavy atom. The van der Waals surface area contributed by atoms with E-state index in [0.717, 1.165) is 4.57 Å². The number of hydrogen-bond acceptors (Lipinski definition) is 6. The zero-order valence-corrected chi connectivity index (χ0v) is 14.1. The quantitative estimate of drug-likeness (QED) is 0.379. The fraction of sp³-hybridized carbons (Fsp3) is 0.571. The van der Waals surface area contributed by atoms with Crippen LogP contribution in [0.4, 0.5) is 0 Å². The molecule has 0 bridgehead atoms. The largest absolute Gasteiger partial charge is 0.394 e. The average Bonchev–Trinajstić information content (AvgIpc) is 2.73. The molecule has 2 heterocycles. The van der Waals surface area contributed by atoms with Crippen LogP contribution in [0.25, 0.3) is 0 Å². The molecule has 2 rings (SSSR count). The predicted octanol–water partition coefficient (Wildman–Crippen LogP) is -1.62. The smallest absolute Gasteiger partial charge is 0.330 e. The maximum atomic E-state index is 12.0. The molecule has 4 atom stereocenters. The number of rotatable bonds is 2. The van der Waals surface area contributed by atoms with E-state index >= 15 is 0 Å². The van der Waals surface area contributed by atoms with Crippen LogP contribution in [0.1, 0.15) is 11.8 Å². The minimum absolute atomic E-state index is 0.0739. The van der Waals surface area contributed by atoms with Crippen LogP contribution in [0.3, 0.4) is 0 Å². The van der Waals surface area contributed by atoms with Crippen LogP contribution in [-0.2, 0) is 4.74 Å². The Bertz CT molecular complexity index is 753. The Hall–Kier alpha value is -1.70. The van der Waals surface area contributed by atoms with Crippen LogP contribution in [0.5, 0.6) is 0 Å². The van der Waals surface area contributed by atoms with E-state index in [9.17, 15) is 19.8 Å². The molecule has 0 saturated carbocycles. The lowest BCUT2D eigenvalue weighted by molar-refractivity contribution is -0.0550. The second kappa shape index (κ2) is 6.43. The van der Waals surface area contributed by atoms with Crippen LogP contribution in [0.15, 0.2) is 15.8 Å². The molecule has 8 nitrogen and oxygen atoms in total. The molecule has 1 fully saturated rings. The van der Waals surface area contributed by atoms with Gasteiger partial charge in [-0.3, -0.25) is 14.3 Å². The molecule has 1 aromatic rings. The molecule has 23 heavy (non-hydrogen) atoms. The van der Waals surface area contributed by atoms with E-state index in [1.165, 1.54) is 6.20 Å². The minimum Gasteiger partial charge on any atom is -0.394 e. The number of nitrogens with zero attached hydrogens (tertiary/aromatic N) is 1. The molecule has 0 aromatic carbocycles. The van der Waals surface area contributed by atoms with E-state index < -0.39 is 50.5 Å². The van der Waals surface area contributed by atoms with Gasteiger partial charge >= 0.3 is 5.69 Å². The molecule has 1 aliphatic heterocycles. The van der Waals surface area contributed by atoms with Crippen molar-refractivity contribution in [1.82, 2.24) is 9.55 Å². The summed E-state index contributed by atoms with van der Waals surface area (Å²) >= 11 is 0. The normalized spacial score (nSPS) is 27.6. The summed E-state index contributed by atoms with van der Waals surface area (Å²) in [6, 6.07) is 0. The molecular weight excluding hydrogens is 320 g/mol. The van der Waals surface area contributed by atoms with Gasteiger partial charge in [0.25, 0.3) is 5.56 Å². The first-order chi connectivity index (χ1) is 10.6. The van der Waals surface area contributed by atoms with Crippen molar-refractivity contribution in [3.63, 3.8) is 0 Å². The van der Waals surface area contributed by atoms with Crippen molar-refractivity contribution in [1.29, 1.82) is 0 Å². The molecule has 9 heteroatoms. The summed E-state index contributed by atoms with van der Waals surface area (Å²) in [5, 5.41) is 28.9. The van der Waals surface area contributed by atoms with E-state index in [2.05, 4.69) is 16.4 Å². The highest BCUT2D eigenvalue weighted by atomic mass is 28.3. The molecule has 1 saturated heterocycles. The number of aliphatic hydroxyl groups is 3. The summed E-state index contributed by atoms with van der Waals surface area (Å²) in [5.74, 6) is 2.75. The van der Waals surface area contributed by atoms with Gasteiger partial charge in [0.2, 0.25) is 0 Å². The molecule has 0 unspecified atom stereocenters. The van der Waals surface area contributed by atoms with Crippen LogP contribution in [0.2, 0.25) is 19.6 Å². The van der Waals surface area contributed by atoms with Crippen molar-refractivity contribution in [2.24, 2.45) is 0 Å². The van der Waals surface area contributed by atoms with Crippen LogP contribution >= 0.6 is 0 Å². The summed E-state index contributed by atoms with van der Waals surface area (Å²) < 4.78 is 6.27. The standard InChI is InChI=1S/C14H20N2O6Si/c1-23(2,3)5-4-8-6-16(14(21)15-12(8)20)13-11(19)10(18)9(7-17)22-13/h6,9-11,13,17-19H,7H2,1-3H3,(H,15,20,21)/t9-,10-,11+,13-/m1/s1. The predicted molar refractivity (Wildman–Crippen MR) is 84.6 cm³/mol. The van der Waals surface area contributed by atoms with Gasteiger partial charge < -0.3 is 20.1 Å². The Morgan fingerprint density at radius 1 is 1.30 bits per heavy atom. The molecule has 126 valence electrons. The Kier molecular flexibility index (Phi) is 4.93. The first-order valence-electron chi connectivity index (χ1n) is 7.15. The number of nitrogens with one attached hydrogen (secondary N) is 1. The molecule has 0 aliphatic carbocycles. The monoisotopic (exact) mass is 340 g/mol. The number of ether oxygens (including phenoxy) is 1. The zero-order valence-electron chi connectivity index (χ0n) is 13.1. The molecule has 0 amide bonds. The van der Waals surface area contributed by atoms with E-state index in [-0.39, 0.29) is 5.56 Å². The third-order valence-corrected chi connectivity index (χ3v) is 4.21. The molecule has 1 aromatic heterocycles. The van der Waals surface area contributed by atoms with Crippen LogP contribution in [0, 0.1) is 11.5 Å². The topological polar surface area (TPSA) is 125 Å². The highest BCUT2D eigenvalue weighted by Crippen LogP contribution is 2.27. The molecule has 4 N–H and O–H groups in total. The van der Waals surface area contributed by atoms with Crippen LogP contribution < -0.4 is 11.2 Å². The number of aromatic amines is 1. The van der Waals surface area contributed by atoms with Gasteiger partial charge in [-0.1, -0.05) is 25.6 Å². The summed E-state index contributed by atoms with van der Waals surface area (Å²) in [7, 11) is -1.72. The fourth-order valence-corrected chi connectivity index (χ4v) is 2.64. The lowest BCUT2D eigenvalue weighted by Crippen LogP contribution is -2.38. The van der Waals surface area contributed by atoms with Gasteiger partial charge in [-0.05, 0) is 0 Å². The Labute approximate surface area is 133 Å². The fourth-order valence-electron chi connectivity index (χ4n) is 2.13. The third kappa shape index (κ3) is 3.80. The van der Waals surface area contributed by atoms with Crippen molar-refractivity contribution in [3.05, 3.63) is 32.6 Å². The van der Waals surface area contributed by atoms with Crippen molar-refractivity contribution in [2.45, 2.75) is 44.2 Å². The summed E-state index contributed by atoms with van der Waals surface area (Å²) in [5.41, 5.74) is 1.68. The highest BCUT2D eigenvalue weighted by molar-refractivity contribution is 6.83. The van der Waals surface area contributed by atoms with Gasteiger partial charge in [0, 0.05) is 6.20 Å². The van der Waals surface area contributed by atoms with E-state index in [0.29, 0.717) is 0 Å². The first-order valence-corrected chi connectivity index (χ1v) is 10.6. The SMILES string of the molecule is C[Si](C)(C)C#Cc1cn([C@@H]2O[C@H](CO)[C@@H](O)[C@@H]2O)c(=O)[nH]c1=O. The van der Waals surface area contributed by atoms with Crippen molar-refractivity contribution >= 4 is 8.07 Å². The molecular formula is C14H20N2O6Si. The molecule has 0 spiro atoms. The van der Waals surface area contributed by atoms with Gasteiger partial charge in [-0.25, -0.2) is 4.79 Å². The summed E-state index contributed by atoms with van der Waals surface area (Å²) in [4.78, 5) is 25.9. The Balaban J connectivity index is 2.46. The van der Waals surface area contributed by atoms with Crippen molar-refractivity contribution < 1.29 is 20.1 Å². The average molecular weight is 340 g/mol. The number of aromatic nitrogens is 2. The highest BCUT2D eigenvalue weighted by Gasteiger charge is 2.43. The van der Waals surface area contributed by atoms with Gasteiger partial charge in [-0.15, -0.1) is 5.54 Å². The number of hydrogen-bond donors (Lipinski definition) is 4. The van der Waals surface area contributed by atoms with Crippen molar-refractivity contribution in [2.75, 3.05) is 6.61 Å². The molecule has 0 radical (unpaired) electrons. The van der Waals surface area contributed by atoms with E-state index in [1.807, 2.05) is 19.6 Å². The summed E-state index contributed by atoms with van der Waals surface area (Å²) in [6.45, 7) is 5.53. The van der Waals surface area contributed by atoms with Crippen molar-refractivity contribution in [3.8, 4) is 11.5 Å². The Morgan fingerprint density at radius 2 is 1.96 bits per heavy atom. The lowest BCUT2D eigenvalue weighted by Gasteiger charge is -2.17. The summed E-state index contributed by atoms with van der Waals surface area (Å²) in [6.07, 6.45) is -3.76. The van der Waals surface area contributed by atoms with E-state index in [1.54, 1.807) is 0 Å². The third-order valence-electron chi connectivity index (χ3n) is 3.33. The zero-order chi connectivity index (χ0) is 17.4. The maximum Gasteiger partial charge on any atom is 0.330 e. The number of H-pyrrole nitrogens is 1. The second-order valence-corrected chi connectivity index (χ2v) is 11.2. The second-order valence-electron chi connectivity index (χ2n) is 6.44. The van der Waals surface area contributed by atoms with Crippen LogP contribution in [-0.4, -0.2) is 57.9 Å². The molecule has 1 aliphatic rings. The first kappa shape index (κ1) is 17.6. The van der Waals surface area contributed by atoms with Gasteiger partial charge in [0.05, 0.1) is 6.61 Å². The number of aliphatic hydroxyl groups excluding tert-OH is 3. The van der Waals surface area contributed by atoms with Gasteiger partial charge in [0.1, 0.15) is 31.9 Å². The van der Waals surface area contributed by atoms with E-state index in [4.69, 9.17) is 9.84 Å². The van der Waals surface area contributed by atoms with Gasteiger partial charge in [0.15, 0.2) is 6.23 Å². The van der Waals surface area contributed by atoms with Gasteiger partial charge in [-0.2, -0.15) is 0 Å². The minimum atomic E-state index is -1.72. The lowest BCUT2D eigenvalue weighted by atomic mass is 10.1. The maximum absolute atomic E-state index is 12.0.